The summed E-state index contributed by atoms with van der Waals surface area (Å²) in [5.74, 6) is 0.776. The van der Waals surface area contributed by atoms with Crippen molar-refractivity contribution in [1.82, 2.24) is 19.7 Å². The minimum atomic E-state index is -1.02. The Labute approximate surface area is 229 Å². The van der Waals surface area contributed by atoms with E-state index in [1.807, 2.05) is 38.1 Å². The van der Waals surface area contributed by atoms with Gasteiger partial charge < -0.3 is 24.5 Å². The molecule has 39 heavy (non-hydrogen) atoms. The van der Waals surface area contributed by atoms with Crippen LogP contribution in [0.2, 0.25) is 0 Å². The molecule has 5 rings (SSSR count). The molecule has 2 aliphatic heterocycles. The van der Waals surface area contributed by atoms with Crippen molar-refractivity contribution in [3.8, 4) is 11.5 Å². The van der Waals surface area contributed by atoms with Gasteiger partial charge in [-0.05, 0) is 68.3 Å². The number of urea groups is 1. The van der Waals surface area contributed by atoms with Crippen molar-refractivity contribution in [1.29, 1.82) is 0 Å². The second-order valence-electron chi connectivity index (χ2n) is 10.5. The number of methoxy groups -OCH3 is 1. The highest BCUT2D eigenvalue weighted by molar-refractivity contribution is 6.08. The van der Waals surface area contributed by atoms with Gasteiger partial charge in [-0.2, -0.15) is 0 Å². The predicted octanol–water partition coefficient (Wildman–Crippen LogP) is 4.10. The lowest BCUT2D eigenvalue weighted by Gasteiger charge is -2.42. The van der Waals surface area contributed by atoms with Crippen LogP contribution < -0.4 is 4.74 Å². The molecule has 1 unspecified atom stereocenters. The van der Waals surface area contributed by atoms with Crippen LogP contribution in [0.25, 0.3) is 10.9 Å². The quantitative estimate of drug-likeness (QED) is 0.360. The fourth-order valence-corrected chi connectivity index (χ4v) is 6.10. The van der Waals surface area contributed by atoms with Crippen molar-refractivity contribution in [2.75, 3.05) is 46.5 Å². The maximum Gasteiger partial charge on any atom is 0.328 e. The van der Waals surface area contributed by atoms with Crippen LogP contribution in [-0.4, -0.2) is 88.8 Å². The SMILES string of the molecule is CCOc1ccc2[nH]c3c(c2c1)C[C@@]1(C)C(=O)N(CCN(CC)CCOC)C(=O)N1C3Cc1cccc(O)c1. The Balaban J connectivity index is 1.54. The normalized spacial score (nSPS) is 20.7. The van der Waals surface area contributed by atoms with E-state index >= 15 is 0 Å². The van der Waals surface area contributed by atoms with Gasteiger partial charge in [0.1, 0.15) is 17.0 Å². The maximum absolute atomic E-state index is 14.0. The van der Waals surface area contributed by atoms with Crippen molar-refractivity contribution in [2.45, 2.75) is 45.2 Å². The van der Waals surface area contributed by atoms with Gasteiger partial charge in [0.15, 0.2) is 0 Å². The average Bonchev–Trinajstić information content (AvgIpc) is 3.36. The highest BCUT2D eigenvalue weighted by Gasteiger charge is 2.59. The average molecular weight is 535 g/mol. The number of hydrogen-bond donors (Lipinski definition) is 2. The van der Waals surface area contributed by atoms with E-state index in [9.17, 15) is 14.7 Å². The Morgan fingerprint density at radius 1 is 1.15 bits per heavy atom. The summed E-state index contributed by atoms with van der Waals surface area (Å²) >= 11 is 0. The van der Waals surface area contributed by atoms with E-state index in [4.69, 9.17) is 9.47 Å². The monoisotopic (exact) mass is 534 g/mol. The van der Waals surface area contributed by atoms with Crippen LogP contribution in [0.5, 0.6) is 11.5 Å². The number of aromatic amines is 1. The molecule has 0 aliphatic carbocycles. The zero-order chi connectivity index (χ0) is 27.7. The number of phenols is 1. The minimum absolute atomic E-state index is 0.169. The van der Waals surface area contributed by atoms with Crippen molar-refractivity contribution >= 4 is 22.8 Å². The molecule has 2 N–H and O–H groups in total. The third-order valence-electron chi connectivity index (χ3n) is 8.10. The molecule has 3 amide bonds. The number of likely N-dealkylation sites (N-methyl/N-ethyl adjacent to an activating group) is 1. The van der Waals surface area contributed by atoms with E-state index in [1.54, 1.807) is 30.2 Å². The Morgan fingerprint density at radius 3 is 2.69 bits per heavy atom. The molecule has 9 nitrogen and oxygen atoms in total. The minimum Gasteiger partial charge on any atom is -0.508 e. The number of phenolic OH excluding ortho intramolecular Hbond substituents is 1. The van der Waals surface area contributed by atoms with E-state index in [0.717, 1.165) is 46.6 Å². The number of aromatic nitrogens is 1. The van der Waals surface area contributed by atoms with Gasteiger partial charge in [-0.3, -0.25) is 14.6 Å². The summed E-state index contributed by atoms with van der Waals surface area (Å²) in [7, 11) is 1.67. The molecule has 2 aliphatic rings. The number of carbonyl (C=O) groups excluding carboxylic acids is 2. The first kappa shape index (κ1) is 27.0. The lowest BCUT2D eigenvalue weighted by molar-refractivity contribution is -0.133. The van der Waals surface area contributed by atoms with Crippen molar-refractivity contribution in [2.24, 2.45) is 0 Å². The number of amides is 3. The number of benzene rings is 2. The summed E-state index contributed by atoms with van der Waals surface area (Å²) < 4.78 is 11.0. The van der Waals surface area contributed by atoms with E-state index in [0.29, 0.717) is 39.1 Å². The molecule has 208 valence electrons. The van der Waals surface area contributed by atoms with Crippen molar-refractivity contribution in [3.63, 3.8) is 0 Å². The second kappa shape index (κ2) is 10.9. The standard InChI is InChI=1S/C30H38N4O5/c1-5-32(14-15-38-4)12-13-33-28(36)30(3)19-24-23-18-22(39-6-2)10-11-25(23)31-27(24)26(34(30)29(33)37)17-20-8-7-9-21(35)16-20/h7-11,16,18,26,31,35H,5-6,12-15,17,19H2,1-4H3/t26?,30-/m0/s1. The first-order chi connectivity index (χ1) is 18.8. The molecular formula is C30H38N4O5. The van der Waals surface area contributed by atoms with Gasteiger partial charge in [0, 0.05) is 49.8 Å². The van der Waals surface area contributed by atoms with Gasteiger partial charge in [-0.1, -0.05) is 19.1 Å². The lowest BCUT2D eigenvalue weighted by atomic mass is 9.81. The van der Waals surface area contributed by atoms with E-state index in [-0.39, 0.29) is 17.7 Å². The number of ether oxygens (including phenoxy) is 2. The Kier molecular flexibility index (Phi) is 7.55. The number of nitrogens with one attached hydrogen (secondary N) is 1. The molecule has 0 saturated carbocycles. The first-order valence-corrected chi connectivity index (χ1v) is 13.7. The number of rotatable bonds is 11. The fourth-order valence-electron chi connectivity index (χ4n) is 6.10. The third-order valence-corrected chi connectivity index (χ3v) is 8.10. The second-order valence-corrected chi connectivity index (χ2v) is 10.5. The fraction of sp³-hybridized carbons (Fsp3) is 0.467. The number of H-pyrrole nitrogens is 1. The van der Waals surface area contributed by atoms with Crippen molar-refractivity contribution < 1.29 is 24.2 Å². The zero-order valence-corrected chi connectivity index (χ0v) is 23.2. The number of carbonyl (C=O) groups is 2. The topological polar surface area (TPSA) is 98.3 Å². The van der Waals surface area contributed by atoms with Crippen LogP contribution >= 0.6 is 0 Å². The molecule has 1 saturated heterocycles. The molecule has 0 radical (unpaired) electrons. The molecule has 9 heteroatoms. The number of nitrogens with zero attached hydrogens (tertiary/aromatic N) is 3. The number of fused-ring (bicyclic) bond motifs is 4. The number of hydrogen-bond acceptors (Lipinski definition) is 6. The molecule has 0 spiro atoms. The highest BCUT2D eigenvalue weighted by Crippen LogP contribution is 2.47. The Hall–Kier alpha value is -3.56. The molecule has 2 atom stereocenters. The van der Waals surface area contributed by atoms with E-state index in [2.05, 4.69) is 16.8 Å². The summed E-state index contributed by atoms with van der Waals surface area (Å²) in [6.45, 7) is 9.51. The Morgan fingerprint density at radius 2 is 1.97 bits per heavy atom. The summed E-state index contributed by atoms with van der Waals surface area (Å²) in [6.07, 6.45) is 0.876. The maximum atomic E-state index is 14.0. The van der Waals surface area contributed by atoms with Crippen LogP contribution in [0, 0.1) is 0 Å². The zero-order valence-electron chi connectivity index (χ0n) is 23.2. The van der Waals surface area contributed by atoms with Gasteiger partial charge >= 0.3 is 6.03 Å². The van der Waals surface area contributed by atoms with Crippen LogP contribution in [0.1, 0.15) is 43.6 Å². The summed E-state index contributed by atoms with van der Waals surface area (Å²) in [5, 5.41) is 11.1. The van der Waals surface area contributed by atoms with Crippen LogP contribution in [0.15, 0.2) is 42.5 Å². The van der Waals surface area contributed by atoms with E-state index in [1.165, 1.54) is 4.90 Å². The van der Waals surface area contributed by atoms with Gasteiger partial charge in [-0.15, -0.1) is 0 Å². The molecule has 2 aromatic carbocycles. The molecule has 3 aromatic rings. The third kappa shape index (κ3) is 4.85. The summed E-state index contributed by atoms with van der Waals surface area (Å²) in [5.41, 5.74) is 2.78. The molecule has 3 heterocycles. The van der Waals surface area contributed by atoms with E-state index < -0.39 is 11.6 Å². The summed E-state index contributed by atoms with van der Waals surface area (Å²) in [4.78, 5) is 37.0. The smallest absolute Gasteiger partial charge is 0.328 e. The predicted molar refractivity (Wildman–Crippen MR) is 149 cm³/mol. The highest BCUT2D eigenvalue weighted by atomic mass is 16.5. The summed E-state index contributed by atoms with van der Waals surface area (Å²) in [6, 6.07) is 12.4. The number of aromatic hydroxyl groups is 1. The van der Waals surface area contributed by atoms with Gasteiger partial charge in [-0.25, -0.2) is 4.79 Å². The van der Waals surface area contributed by atoms with Gasteiger partial charge in [0.05, 0.1) is 19.3 Å². The molecule has 0 bridgehead atoms. The largest absolute Gasteiger partial charge is 0.508 e. The van der Waals surface area contributed by atoms with Crippen molar-refractivity contribution in [3.05, 3.63) is 59.3 Å². The van der Waals surface area contributed by atoms with Crippen LogP contribution in [-0.2, 0) is 22.4 Å². The van der Waals surface area contributed by atoms with Gasteiger partial charge in [0.2, 0.25) is 0 Å². The Bertz CT molecular complexity index is 1370. The van der Waals surface area contributed by atoms with Gasteiger partial charge in [0.25, 0.3) is 5.91 Å². The lowest BCUT2D eigenvalue weighted by Crippen LogP contribution is -2.53. The first-order valence-electron chi connectivity index (χ1n) is 13.7. The number of imide groups is 1. The molecular weight excluding hydrogens is 496 g/mol. The van der Waals surface area contributed by atoms with Crippen LogP contribution in [0.3, 0.4) is 0 Å². The molecule has 1 fully saturated rings. The van der Waals surface area contributed by atoms with Crippen LogP contribution in [0.4, 0.5) is 4.79 Å². The molecule has 1 aromatic heterocycles.